The molecule has 0 bridgehead atoms. The molecule has 3 N–H and O–H groups in total. The van der Waals surface area contributed by atoms with Crippen LogP contribution in [0.2, 0.25) is 5.28 Å². The van der Waals surface area contributed by atoms with E-state index in [9.17, 15) is 44.0 Å². The van der Waals surface area contributed by atoms with Gasteiger partial charge in [-0.25, -0.2) is 25.3 Å². The minimum Gasteiger partial charge on any atom is -0.744 e. The van der Waals surface area contributed by atoms with Gasteiger partial charge in [0.25, 0.3) is 0 Å². The van der Waals surface area contributed by atoms with Gasteiger partial charge in [0.1, 0.15) is 41.7 Å². The van der Waals surface area contributed by atoms with E-state index in [1.165, 1.54) is 13.0 Å². The average Bonchev–Trinajstić information content (AvgIpc) is 2.96. The topological polar surface area (TPSA) is 279 Å². The minimum absolute atomic E-state index is 0. The molecule has 24 heteroatoms. The van der Waals surface area contributed by atoms with Crippen LogP contribution in [0, 0.1) is 13.8 Å². The predicted molar refractivity (Wildman–Crippen MR) is 167 cm³/mol. The van der Waals surface area contributed by atoms with E-state index in [1.54, 1.807) is 24.3 Å². The molecule has 250 valence electrons. The number of anilines is 4. The molecule has 51 heavy (non-hydrogen) atoms. The summed E-state index contributed by atoms with van der Waals surface area (Å²) in [7, 11) is -15.9. The van der Waals surface area contributed by atoms with Gasteiger partial charge >= 0.3 is 88.7 Å². The van der Waals surface area contributed by atoms with E-state index in [1.807, 2.05) is 6.92 Å². The molecular formula is C27H19ClN7Na3O10S3. The van der Waals surface area contributed by atoms with Crippen LogP contribution < -0.4 is 99.3 Å². The Morgan fingerprint density at radius 2 is 1.25 bits per heavy atom. The van der Waals surface area contributed by atoms with Crippen LogP contribution in [0.3, 0.4) is 0 Å². The summed E-state index contributed by atoms with van der Waals surface area (Å²) < 4.78 is 108. The molecule has 0 aliphatic heterocycles. The zero-order valence-electron chi connectivity index (χ0n) is 27.2. The normalized spacial score (nSPS) is 11.7. The van der Waals surface area contributed by atoms with Crippen molar-refractivity contribution in [2.45, 2.75) is 28.5 Å². The number of hydrogen-bond acceptors (Lipinski definition) is 17. The van der Waals surface area contributed by atoms with E-state index >= 15 is 0 Å². The van der Waals surface area contributed by atoms with Gasteiger partial charge < -0.3 is 29.4 Å². The van der Waals surface area contributed by atoms with E-state index in [4.69, 9.17) is 11.6 Å². The Morgan fingerprint density at radius 1 is 0.686 bits per heavy atom. The zero-order valence-corrected chi connectivity index (χ0v) is 36.4. The largest absolute Gasteiger partial charge is 1.00 e. The summed E-state index contributed by atoms with van der Waals surface area (Å²) in [5.74, 6) is -1.52. The van der Waals surface area contributed by atoms with E-state index in [0.717, 1.165) is 23.8 Å². The van der Waals surface area contributed by atoms with Crippen LogP contribution in [-0.2, 0) is 30.4 Å². The predicted octanol–water partition coefficient (Wildman–Crippen LogP) is -4.37. The van der Waals surface area contributed by atoms with Crippen molar-refractivity contribution >= 4 is 87.4 Å². The van der Waals surface area contributed by atoms with Crippen LogP contribution in [0.25, 0.3) is 10.8 Å². The Hall–Kier alpha value is -1.83. The molecule has 17 nitrogen and oxygen atoms in total. The van der Waals surface area contributed by atoms with Crippen LogP contribution in [-0.4, -0.2) is 59.0 Å². The Kier molecular flexibility index (Phi) is 15.6. The van der Waals surface area contributed by atoms with Crippen LogP contribution in [0.5, 0.6) is 5.75 Å². The van der Waals surface area contributed by atoms with Gasteiger partial charge in [0.05, 0.1) is 20.4 Å². The third kappa shape index (κ3) is 11.1. The van der Waals surface area contributed by atoms with Crippen molar-refractivity contribution in [2.24, 2.45) is 10.2 Å². The number of nitrogens with one attached hydrogen (secondary N) is 2. The summed E-state index contributed by atoms with van der Waals surface area (Å²) in [6.07, 6.45) is 0. The number of fused-ring (bicyclic) bond motifs is 1. The van der Waals surface area contributed by atoms with Crippen molar-refractivity contribution in [3.05, 3.63) is 77.1 Å². The second-order valence-corrected chi connectivity index (χ2v) is 14.5. The van der Waals surface area contributed by atoms with Crippen molar-refractivity contribution < 1.29 is 133 Å². The summed E-state index contributed by atoms with van der Waals surface area (Å²) in [5.41, 5.74) is -0.0904. The first kappa shape index (κ1) is 45.3. The fraction of sp³-hybridized carbons (Fsp3) is 0.0741. The molecule has 0 spiro atoms. The molecule has 0 aliphatic rings. The maximum absolute atomic E-state index is 12.3. The van der Waals surface area contributed by atoms with E-state index in [-0.39, 0.29) is 106 Å². The molecule has 0 amide bonds. The molecule has 0 unspecified atom stereocenters. The minimum atomic E-state index is -5.51. The molecule has 0 saturated heterocycles. The van der Waals surface area contributed by atoms with Gasteiger partial charge in [-0.1, -0.05) is 23.8 Å². The van der Waals surface area contributed by atoms with Gasteiger partial charge in [0, 0.05) is 11.1 Å². The molecule has 0 aliphatic carbocycles. The fourth-order valence-corrected chi connectivity index (χ4v) is 6.38. The molecular weight excluding hydrogens is 783 g/mol. The number of azo groups is 1. The van der Waals surface area contributed by atoms with Gasteiger partial charge in [0.2, 0.25) is 17.2 Å². The summed E-state index contributed by atoms with van der Waals surface area (Å²) >= 11 is 6.08. The van der Waals surface area contributed by atoms with Gasteiger partial charge in [0.15, 0.2) is 5.75 Å². The number of benzene rings is 4. The second-order valence-electron chi connectivity index (χ2n) is 10.0. The Labute approximate surface area is 362 Å². The third-order valence-corrected chi connectivity index (χ3v) is 9.18. The molecule has 0 fully saturated rings. The monoisotopic (exact) mass is 801 g/mol. The summed E-state index contributed by atoms with van der Waals surface area (Å²) in [6, 6.07) is 12.6. The smallest absolute Gasteiger partial charge is 0.744 e. The number of phenols is 1. The Morgan fingerprint density at radius 3 is 1.82 bits per heavy atom. The molecule has 5 aromatic rings. The molecule has 0 radical (unpaired) electrons. The van der Waals surface area contributed by atoms with Gasteiger partial charge in [-0.2, -0.15) is 15.0 Å². The van der Waals surface area contributed by atoms with Crippen LogP contribution in [0.15, 0.2) is 85.6 Å². The number of nitrogens with zero attached hydrogens (tertiary/aromatic N) is 5. The first-order valence-corrected chi connectivity index (χ1v) is 17.7. The number of aromatic nitrogens is 3. The summed E-state index contributed by atoms with van der Waals surface area (Å²) in [4.78, 5) is 9.08. The Bertz CT molecular complexity index is 2500. The maximum atomic E-state index is 12.3. The van der Waals surface area contributed by atoms with Crippen molar-refractivity contribution in [2.75, 3.05) is 10.6 Å². The summed E-state index contributed by atoms with van der Waals surface area (Å²) in [5, 5.41) is 22.8. The van der Waals surface area contributed by atoms with Gasteiger partial charge in [-0.3, -0.25) is 0 Å². The number of aryl methyl sites for hydroxylation is 2. The quantitative estimate of drug-likeness (QED) is 0.0721. The number of hydrogen-bond donors (Lipinski definition) is 3. The Balaban J connectivity index is 0.00000300. The van der Waals surface area contributed by atoms with Crippen molar-refractivity contribution in [1.29, 1.82) is 0 Å². The third-order valence-electron chi connectivity index (χ3n) is 6.49. The van der Waals surface area contributed by atoms with Gasteiger partial charge in [-0.15, -0.1) is 10.2 Å². The number of aromatic hydroxyl groups is 1. The van der Waals surface area contributed by atoms with Crippen molar-refractivity contribution in [1.82, 2.24) is 15.0 Å². The van der Waals surface area contributed by atoms with Crippen molar-refractivity contribution in [3.8, 4) is 5.75 Å². The SMILES string of the molecule is Cc1ccc(Nc2nc(Cl)nc(Nc3cc(S(=O)(=O)[O-])cc4cc(S(=O)(=O)[O-])c(N=Nc5ccc(C)cc5S(=O)(=O)[O-])c(O)c34)n2)cc1.[Na+].[Na+].[Na+]. The first-order valence-electron chi connectivity index (χ1n) is 13.1. The van der Waals surface area contributed by atoms with Crippen LogP contribution in [0.1, 0.15) is 11.1 Å². The molecule has 5 rings (SSSR count). The average molecular weight is 802 g/mol. The molecule has 0 saturated carbocycles. The molecule has 1 aromatic heterocycles. The van der Waals surface area contributed by atoms with E-state index < -0.39 is 78.6 Å². The zero-order chi connectivity index (χ0) is 35.2. The summed E-state index contributed by atoms with van der Waals surface area (Å²) in [6.45, 7) is 3.36. The fourth-order valence-electron chi connectivity index (χ4n) is 4.35. The number of halogens is 1. The van der Waals surface area contributed by atoms with Gasteiger partial charge in [-0.05, 0) is 78.9 Å². The second kappa shape index (κ2) is 17.5. The van der Waals surface area contributed by atoms with Crippen LogP contribution in [0.4, 0.5) is 34.6 Å². The molecule has 1 heterocycles. The standard InChI is InChI=1S/C27H22ClN7O10S3.3Na/c1-13-3-6-16(7-4-13)29-26-31-25(28)32-27(33-26)30-19-12-17(46(37,38)39)10-15-11-21(48(43,44)45)23(24(36)22(15)19)35-34-18-8-5-14(2)9-20(18)47(40,41)42;;;/h3-12,36H,1-2H3,(H,37,38,39)(H,40,41,42)(H,43,44,45)(H2,29,30,31,32,33);;;/q;3*+1/p-3. The van der Waals surface area contributed by atoms with E-state index in [0.29, 0.717) is 23.4 Å². The van der Waals surface area contributed by atoms with Crippen molar-refractivity contribution in [3.63, 3.8) is 0 Å². The van der Waals surface area contributed by atoms with E-state index in [2.05, 4.69) is 35.8 Å². The molecule has 4 aromatic carbocycles. The maximum Gasteiger partial charge on any atom is 1.00 e. The number of phenolic OH excluding ortho intramolecular Hbond substituents is 1. The first-order chi connectivity index (χ1) is 22.3. The molecule has 0 atom stereocenters. The number of rotatable bonds is 9. The van der Waals surface area contributed by atoms with Crippen LogP contribution >= 0.6 is 11.6 Å².